The Balaban J connectivity index is -0.00000000167. The van der Waals surface area contributed by atoms with E-state index in [1.54, 1.807) is 0 Å². The van der Waals surface area contributed by atoms with Gasteiger partial charge in [0.15, 0.2) is 0 Å². The summed E-state index contributed by atoms with van der Waals surface area (Å²) < 4.78 is 0. The van der Waals surface area contributed by atoms with Gasteiger partial charge >= 0.3 is 59.1 Å². The number of hydrogen-bond acceptors (Lipinski definition) is 1. The normalized spacial score (nSPS) is 1.20. The van der Waals surface area contributed by atoms with Gasteiger partial charge in [0, 0.05) is 0 Å². The molecule has 0 N–H and O–H groups in total. The predicted octanol–water partition coefficient (Wildman–Crippen LogP) is -10.0. The zero-order chi connectivity index (χ0) is 2.00. The van der Waals surface area contributed by atoms with Gasteiger partial charge < -0.3 is 17.5 Å². The van der Waals surface area contributed by atoms with E-state index in [9.17, 15) is 0 Å². The zero-order valence-corrected chi connectivity index (χ0v) is 8.54. The summed E-state index contributed by atoms with van der Waals surface area (Å²) in [5.74, 6) is 0. The molecule has 0 aliphatic carbocycles. The first kappa shape index (κ1) is 26.8. The molecule has 0 bridgehead atoms. The van der Waals surface area contributed by atoms with E-state index in [1.165, 1.54) is 0 Å². The molecule has 0 unspecified atom stereocenters. The molecule has 0 heterocycles. The fourth-order valence-corrected chi connectivity index (χ4v) is 0. The summed E-state index contributed by atoms with van der Waals surface area (Å²) >= 11 is 0. The molecule has 0 atom stereocenters. The van der Waals surface area contributed by atoms with Crippen molar-refractivity contribution < 1.29 is 76.6 Å². The van der Waals surface area contributed by atoms with Crippen LogP contribution in [0, 0.1) is 0 Å². The summed E-state index contributed by atoms with van der Waals surface area (Å²) in [6.45, 7) is 0. The molecule has 0 aliphatic heterocycles. The Labute approximate surface area is 82.5 Å². The maximum absolute atomic E-state index is 8.25. The fraction of sp³-hybridized carbons (Fsp3) is 1.00. The van der Waals surface area contributed by atoms with Gasteiger partial charge in [-0.05, 0) is 0 Å². The molecule has 0 saturated heterocycles. The Morgan fingerprint density at radius 1 is 1.00 bits per heavy atom. The third-order valence-electron chi connectivity index (χ3n) is 0. The maximum atomic E-state index is 8.25. The van der Waals surface area contributed by atoms with Crippen molar-refractivity contribution >= 4 is 0 Å². The van der Waals surface area contributed by atoms with E-state index < -0.39 is 0 Å². The minimum atomic E-state index is 0. The molecule has 5 heavy (non-hydrogen) atoms. The third kappa shape index (κ3) is 22.3. The third-order valence-corrected chi connectivity index (χ3v) is 0. The van der Waals surface area contributed by atoms with E-state index in [-0.39, 0.29) is 71.5 Å². The standard InChI is InChI=1S/CH3O.ClH.2Na/c1-2;;;/h1H3;1H;;/q-1;;2*+1/p-1. The molecule has 0 aliphatic rings. The quantitative estimate of drug-likeness (QED) is 0.286. The Kier molecular flexibility index (Phi) is 182. The summed E-state index contributed by atoms with van der Waals surface area (Å²) in [6.07, 6.45) is 0. The molecule has 0 amide bonds. The van der Waals surface area contributed by atoms with Crippen LogP contribution in [0.5, 0.6) is 0 Å². The molecule has 0 radical (unpaired) electrons. The summed E-state index contributed by atoms with van der Waals surface area (Å²) in [4.78, 5) is 0. The zero-order valence-electron chi connectivity index (χ0n) is 3.79. The Bertz CT molecular complexity index is 9.61. The van der Waals surface area contributed by atoms with Gasteiger partial charge in [0.25, 0.3) is 0 Å². The van der Waals surface area contributed by atoms with Gasteiger partial charge in [-0.15, -0.1) is 0 Å². The van der Waals surface area contributed by atoms with Crippen molar-refractivity contribution in [2.24, 2.45) is 0 Å². The molecular formula is CH3ClNa2O. The van der Waals surface area contributed by atoms with E-state index in [1.807, 2.05) is 0 Å². The molecule has 0 aromatic carbocycles. The topological polar surface area (TPSA) is 23.1 Å². The molecule has 0 fully saturated rings. The minimum Gasteiger partial charge on any atom is -1.00 e. The molecule has 22 valence electrons. The van der Waals surface area contributed by atoms with Crippen LogP contribution in [0.4, 0.5) is 0 Å². The van der Waals surface area contributed by atoms with Gasteiger partial charge in [0.05, 0.1) is 0 Å². The van der Waals surface area contributed by atoms with Gasteiger partial charge in [-0.1, -0.05) is 0 Å². The minimum absolute atomic E-state index is 0. The smallest absolute Gasteiger partial charge is 1.00 e. The van der Waals surface area contributed by atoms with Crippen LogP contribution in [0.1, 0.15) is 0 Å². The van der Waals surface area contributed by atoms with Crippen molar-refractivity contribution in [2.75, 3.05) is 7.11 Å². The second-order valence-electron chi connectivity index (χ2n) is 0. The first-order valence-electron chi connectivity index (χ1n) is 0.408. The van der Waals surface area contributed by atoms with Crippen molar-refractivity contribution in [3.05, 3.63) is 0 Å². The van der Waals surface area contributed by atoms with E-state index in [2.05, 4.69) is 0 Å². The first-order valence-corrected chi connectivity index (χ1v) is 0.408. The van der Waals surface area contributed by atoms with E-state index in [0.29, 0.717) is 0 Å². The predicted molar refractivity (Wildman–Crippen MR) is 5.92 cm³/mol. The van der Waals surface area contributed by atoms with Crippen LogP contribution in [0.3, 0.4) is 0 Å². The van der Waals surface area contributed by atoms with Crippen molar-refractivity contribution in [1.82, 2.24) is 0 Å². The number of hydrogen-bond donors (Lipinski definition) is 0. The number of rotatable bonds is 0. The van der Waals surface area contributed by atoms with Crippen molar-refractivity contribution in [3.8, 4) is 0 Å². The monoisotopic (exact) mass is 112 g/mol. The van der Waals surface area contributed by atoms with E-state index in [4.69, 9.17) is 5.11 Å². The molecule has 0 rings (SSSR count). The average molecular weight is 112 g/mol. The Hall–Kier alpha value is 2.25. The van der Waals surface area contributed by atoms with Crippen molar-refractivity contribution in [2.45, 2.75) is 0 Å². The van der Waals surface area contributed by atoms with Gasteiger partial charge in [-0.3, -0.25) is 0 Å². The molecule has 0 aromatic rings. The summed E-state index contributed by atoms with van der Waals surface area (Å²) in [5, 5.41) is 8.25. The van der Waals surface area contributed by atoms with Gasteiger partial charge in [0.1, 0.15) is 0 Å². The maximum Gasteiger partial charge on any atom is 1.00 e. The molecule has 0 aromatic heterocycles. The molecule has 0 saturated carbocycles. The largest absolute Gasteiger partial charge is 1.00 e. The first-order chi connectivity index (χ1) is 1.00. The van der Waals surface area contributed by atoms with Crippen LogP contribution in [0.2, 0.25) is 0 Å². The SMILES string of the molecule is C[O-].[Cl-].[Na+].[Na+]. The fourth-order valence-electron chi connectivity index (χ4n) is 0. The summed E-state index contributed by atoms with van der Waals surface area (Å²) in [5.41, 5.74) is 0. The van der Waals surface area contributed by atoms with Gasteiger partial charge in [-0.2, -0.15) is 7.11 Å². The van der Waals surface area contributed by atoms with E-state index >= 15 is 0 Å². The van der Waals surface area contributed by atoms with Crippen LogP contribution in [0.15, 0.2) is 0 Å². The van der Waals surface area contributed by atoms with Crippen LogP contribution in [-0.4, -0.2) is 7.11 Å². The molecule has 1 nitrogen and oxygen atoms in total. The molecule has 0 spiro atoms. The Morgan fingerprint density at radius 2 is 1.00 bits per heavy atom. The summed E-state index contributed by atoms with van der Waals surface area (Å²) in [7, 11) is 0.750. The van der Waals surface area contributed by atoms with Crippen molar-refractivity contribution in [1.29, 1.82) is 0 Å². The molecular weight excluding hydrogens is 109 g/mol. The van der Waals surface area contributed by atoms with Crippen LogP contribution in [0.25, 0.3) is 0 Å². The summed E-state index contributed by atoms with van der Waals surface area (Å²) in [6, 6.07) is 0. The van der Waals surface area contributed by atoms with Crippen LogP contribution in [-0.2, 0) is 0 Å². The molecule has 4 heteroatoms. The van der Waals surface area contributed by atoms with E-state index in [0.717, 1.165) is 7.11 Å². The van der Waals surface area contributed by atoms with Crippen LogP contribution < -0.4 is 76.6 Å². The van der Waals surface area contributed by atoms with Gasteiger partial charge in [0.2, 0.25) is 0 Å². The van der Waals surface area contributed by atoms with Crippen LogP contribution >= 0.6 is 0 Å². The second kappa shape index (κ2) is 34.0. The second-order valence-corrected chi connectivity index (χ2v) is 0. The number of halogens is 1. The average Bonchev–Trinajstić information content (AvgIpc) is 1.00. The van der Waals surface area contributed by atoms with Crippen molar-refractivity contribution in [3.63, 3.8) is 0 Å². The van der Waals surface area contributed by atoms with Gasteiger partial charge in [-0.25, -0.2) is 0 Å². The Morgan fingerprint density at radius 3 is 1.00 bits per heavy atom.